The van der Waals surface area contributed by atoms with Crippen molar-refractivity contribution >= 4 is 17.4 Å². The Morgan fingerprint density at radius 2 is 2.32 bits per heavy atom. The molecule has 0 aliphatic rings. The Labute approximate surface area is 126 Å². The first-order valence-corrected chi connectivity index (χ1v) is 6.84. The molecule has 0 aliphatic heterocycles. The monoisotopic (exact) mass is 300 g/mol. The normalized spacial score (nSPS) is 12.3. The number of hydrogen-bond acceptors (Lipinski definition) is 5. The smallest absolute Gasteiger partial charge is 0.319 e. The lowest BCUT2D eigenvalue weighted by Gasteiger charge is -2.14. The van der Waals surface area contributed by atoms with E-state index in [2.05, 4.69) is 30.8 Å². The largest absolute Gasteiger partial charge is 0.334 e. The summed E-state index contributed by atoms with van der Waals surface area (Å²) in [7, 11) is 0. The van der Waals surface area contributed by atoms with Crippen molar-refractivity contribution in [2.75, 3.05) is 5.32 Å². The van der Waals surface area contributed by atoms with E-state index in [0.717, 1.165) is 0 Å². The number of urea groups is 1. The number of carbonyl (C=O) groups is 1. The van der Waals surface area contributed by atoms with Gasteiger partial charge < -0.3 is 10.6 Å². The van der Waals surface area contributed by atoms with Crippen LogP contribution in [-0.4, -0.2) is 41.4 Å². The van der Waals surface area contributed by atoms with E-state index in [1.54, 1.807) is 40.8 Å². The summed E-state index contributed by atoms with van der Waals surface area (Å²) in [6.45, 7) is 4.24. The number of nitrogens with zero attached hydrogens (tertiary/aromatic N) is 6. The van der Waals surface area contributed by atoms with E-state index < -0.39 is 0 Å². The van der Waals surface area contributed by atoms with Crippen molar-refractivity contribution in [1.29, 1.82) is 0 Å². The van der Waals surface area contributed by atoms with Crippen molar-refractivity contribution in [3.05, 3.63) is 36.8 Å². The SMILES string of the molecule is Cc1nc2c(NC(=O)N[C@@H](C)Cn3cncn3)cccn2n1. The van der Waals surface area contributed by atoms with Gasteiger partial charge in [-0.2, -0.15) is 10.2 Å². The van der Waals surface area contributed by atoms with Crippen molar-refractivity contribution in [2.45, 2.75) is 26.4 Å². The molecule has 2 amide bonds. The van der Waals surface area contributed by atoms with E-state index in [-0.39, 0.29) is 12.1 Å². The van der Waals surface area contributed by atoms with E-state index in [9.17, 15) is 4.79 Å². The number of aryl methyl sites for hydroxylation is 1. The Balaban J connectivity index is 1.65. The van der Waals surface area contributed by atoms with Gasteiger partial charge in [0.1, 0.15) is 18.5 Å². The minimum atomic E-state index is -0.304. The highest BCUT2D eigenvalue weighted by molar-refractivity contribution is 5.93. The highest BCUT2D eigenvalue weighted by atomic mass is 16.2. The number of carbonyl (C=O) groups excluding carboxylic acids is 1. The molecule has 22 heavy (non-hydrogen) atoms. The van der Waals surface area contributed by atoms with Crippen LogP contribution in [0.25, 0.3) is 5.65 Å². The van der Waals surface area contributed by atoms with Crippen molar-refractivity contribution in [3.8, 4) is 0 Å². The lowest BCUT2D eigenvalue weighted by molar-refractivity contribution is 0.247. The van der Waals surface area contributed by atoms with Crippen LogP contribution in [0, 0.1) is 6.92 Å². The number of fused-ring (bicyclic) bond motifs is 1. The average molecular weight is 300 g/mol. The van der Waals surface area contributed by atoms with Crippen LogP contribution in [0.3, 0.4) is 0 Å². The Hall–Kier alpha value is -2.97. The summed E-state index contributed by atoms with van der Waals surface area (Å²) in [6.07, 6.45) is 4.85. The first-order chi connectivity index (χ1) is 10.6. The van der Waals surface area contributed by atoms with Gasteiger partial charge in [0.15, 0.2) is 5.65 Å². The summed E-state index contributed by atoms with van der Waals surface area (Å²) in [5.74, 6) is 0.647. The Morgan fingerprint density at radius 1 is 1.45 bits per heavy atom. The molecule has 0 saturated carbocycles. The Kier molecular flexibility index (Phi) is 3.69. The van der Waals surface area contributed by atoms with E-state index in [1.165, 1.54) is 6.33 Å². The quantitative estimate of drug-likeness (QED) is 0.743. The molecule has 2 N–H and O–H groups in total. The van der Waals surface area contributed by atoms with Crippen molar-refractivity contribution in [2.24, 2.45) is 0 Å². The van der Waals surface area contributed by atoms with Gasteiger partial charge in [-0.25, -0.2) is 19.3 Å². The maximum atomic E-state index is 12.1. The van der Waals surface area contributed by atoms with E-state index >= 15 is 0 Å². The summed E-state index contributed by atoms with van der Waals surface area (Å²) < 4.78 is 3.29. The molecule has 3 aromatic rings. The molecule has 0 spiro atoms. The minimum absolute atomic E-state index is 0.0963. The van der Waals surface area contributed by atoms with E-state index in [1.807, 2.05) is 6.92 Å². The number of amides is 2. The van der Waals surface area contributed by atoms with Gasteiger partial charge >= 0.3 is 6.03 Å². The second-order valence-corrected chi connectivity index (χ2v) is 4.97. The molecule has 9 nitrogen and oxygen atoms in total. The third-order valence-electron chi connectivity index (χ3n) is 3.02. The zero-order valence-electron chi connectivity index (χ0n) is 12.3. The zero-order valence-corrected chi connectivity index (χ0v) is 12.3. The number of rotatable bonds is 4. The maximum absolute atomic E-state index is 12.1. The molecule has 0 radical (unpaired) electrons. The van der Waals surface area contributed by atoms with Gasteiger partial charge in [-0.1, -0.05) is 0 Å². The first kappa shape index (κ1) is 14.0. The molecule has 0 unspecified atom stereocenters. The van der Waals surface area contributed by atoms with Gasteiger partial charge in [0.25, 0.3) is 0 Å². The van der Waals surface area contributed by atoms with Gasteiger partial charge in [-0.3, -0.25) is 4.68 Å². The van der Waals surface area contributed by atoms with Crippen LogP contribution in [0.4, 0.5) is 10.5 Å². The summed E-state index contributed by atoms with van der Waals surface area (Å²) in [5, 5.41) is 13.8. The summed E-state index contributed by atoms with van der Waals surface area (Å²) >= 11 is 0. The lowest BCUT2D eigenvalue weighted by Crippen LogP contribution is -2.38. The van der Waals surface area contributed by atoms with E-state index in [4.69, 9.17) is 0 Å². The predicted molar refractivity (Wildman–Crippen MR) is 79.4 cm³/mol. The van der Waals surface area contributed by atoms with Crippen molar-refractivity contribution < 1.29 is 4.79 Å². The van der Waals surface area contributed by atoms with Crippen LogP contribution in [0.5, 0.6) is 0 Å². The number of anilines is 1. The fourth-order valence-corrected chi connectivity index (χ4v) is 2.15. The molecule has 0 bridgehead atoms. The van der Waals surface area contributed by atoms with Crippen LogP contribution in [-0.2, 0) is 6.54 Å². The Bertz CT molecular complexity index is 779. The van der Waals surface area contributed by atoms with Gasteiger partial charge in [0.2, 0.25) is 0 Å². The number of pyridine rings is 1. The highest BCUT2D eigenvalue weighted by Gasteiger charge is 2.11. The summed E-state index contributed by atoms with van der Waals surface area (Å²) in [5.41, 5.74) is 1.22. The fraction of sp³-hybridized carbons (Fsp3) is 0.308. The molecule has 3 rings (SSSR count). The van der Waals surface area contributed by atoms with Crippen LogP contribution in [0.15, 0.2) is 31.0 Å². The number of aromatic nitrogens is 6. The average Bonchev–Trinajstić information content (AvgIpc) is 3.07. The highest BCUT2D eigenvalue weighted by Crippen LogP contribution is 2.14. The number of nitrogens with one attached hydrogen (secondary N) is 2. The molecule has 9 heteroatoms. The molecular formula is C13H16N8O. The molecule has 0 aromatic carbocycles. The van der Waals surface area contributed by atoms with Gasteiger partial charge in [-0.05, 0) is 26.0 Å². The van der Waals surface area contributed by atoms with Gasteiger partial charge in [0, 0.05) is 12.2 Å². The molecule has 0 saturated heterocycles. The molecule has 0 aliphatic carbocycles. The van der Waals surface area contributed by atoms with Crippen LogP contribution in [0.1, 0.15) is 12.7 Å². The van der Waals surface area contributed by atoms with Crippen LogP contribution in [0.2, 0.25) is 0 Å². The maximum Gasteiger partial charge on any atom is 0.319 e. The van der Waals surface area contributed by atoms with Gasteiger partial charge in [-0.15, -0.1) is 0 Å². The molecule has 0 fully saturated rings. The predicted octanol–water partition coefficient (Wildman–Crippen LogP) is 0.839. The van der Waals surface area contributed by atoms with Crippen molar-refractivity contribution in [1.82, 2.24) is 34.7 Å². The molecule has 3 aromatic heterocycles. The second-order valence-electron chi connectivity index (χ2n) is 4.97. The van der Waals surface area contributed by atoms with E-state index in [0.29, 0.717) is 23.7 Å². The summed E-state index contributed by atoms with van der Waals surface area (Å²) in [4.78, 5) is 20.2. The minimum Gasteiger partial charge on any atom is -0.334 e. The fourth-order valence-electron chi connectivity index (χ4n) is 2.15. The van der Waals surface area contributed by atoms with Gasteiger partial charge in [0.05, 0.1) is 12.2 Å². The third-order valence-corrected chi connectivity index (χ3v) is 3.02. The molecule has 3 heterocycles. The number of hydrogen-bond donors (Lipinski definition) is 2. The second kappa shape index (κ2) is 5.80. The van der Waals surface area contributed by atoms with Crippen LogP contribution >= 0.6 is 0 Å². The molecular weight excluding hydrogens is 284 g/mol. The van der Waals surface area contributed by atoms with Crippen LogP contribution < -0.4 is 10.6 Å². The zero-order chi connectivity index (χ0) is 15.5. The Morgan fingerprint density at radius 3 is 3.09 bits per heavy atom. The first-order valence-electron chi connectivity index (χ1n) is 6.84. The third kappa shape index (κ3) is 3.03. The molecule has 114 valence electrons. The van der Waals surface area contributed by atoms with Crippen molar-refractivity contribution in [3.63, 3.8) is 0 Å². The molecule has 1 atom stereocenters. The lowest BCUT2D eigenvalue weighted by atomic mass is 10.3. The summed E-state index contributed by atoms with van der Waals surface area (Å²) in [6, 6.07) is 3.18. The topological polar surface area (TPSA) is 102 Å². The standard InChI is InChI=1S/C13H16N8O/c1-9(6-20-8-14-7-15-20)16-13(22)18-11-4-3-5-21-12(11)17-10(2)19-21/h3-5,7-9H,6H2,1-2H3,(H2,16,18,22)/t9-/m0/s1.